The van der Waals surface area contributed by atoms with Crippen LogP contribution in [-0.4, -0.2) is 29.8 Å². The molecule has 7 nitrogen and oxygen atoms in total. The molecule has 138 valence electrons. The Bertz CT molecular complexity index is 896. The minimum atomic E-state index is -0.307. The van der Waals surface area contributed by atoms with Crippen LogP contribution in [0.3, 0.4) is 0 Å². The molecule has 3 aromatic rings. The molecule has 27 heavy (non-hydrogen) atoms. The fourth-order valence-electron chi connectivity index (χ4n) is 2.28. The normalized spacial score (nSPS) is 10.1. The second-order valence-corrected chi connectivity index (χ2v) is 5.81. The molecule has 0 aliphatic carbocycles. The lowest BCUT2D eigenvalue weighted by molar-refractivity contribution is -0.118. The maximum atomic E-state index is 12.0. The zero-order chi connectivity index (χ0) is 19.1. The highest BCUT2D eigenvalue weighted by Crippen LogP contribution is 2.20. The van der Waals surface area contributed by atoms with Crippen molar-refractivity contribution in [3.63, 3.8) is 0 Å². The van der Waals surface area contributed by atoms with E-state index in [1.54, 1.807) is 19.2 Å². The molecule has 0 radical (unpaired) electrons. The SMILES string of the molecule is COc1cccc(Nc2ccc(NC(=O)COc3ccc(C)cc3)nn2)c1. The van der Waals surface area contributed by atoms with Crippen LogP contribution in [0.4, 0.5) is 17.3 Å². The van der Waals surface area contributed by atoms with E-state index in [4.69, 9.17) is 9.47 Å². The Kier molecular flexibility index (Phi) is 5.84. The minimum Gasteiger partial charge on any atom is -0.497 e. The second kappa shape index (κ2) is 8.66. The Morgan fingerprint density at radius 3 is 2.41 bits per heavy atom. The molecule has 0 bridgehead atoms. The van der Waals surface area contributed by atoms with Crippen molar-refractivity contribution in [2.45, 2.75) is 6.92 Å². The van der Waals surface area contributed by atoms with Crippen LogP contribution in [0.2, 0.25) is 0 Å². The van der Waals surface area contributed by atoms with Crippen LogP contribution in [0.1, 0.15) is 5.56 Å². The number of amides is 1. The Morgan fingerprint density at radius 1 is 0.963 bits per heavy atom. The molecular weight excluding hydrogens is 344 g/mol. The summed E-state index contributed by atoms with van der Waals surface area (Å²) in [4.78, 5) is 12.0. The summed E-state index contributed by atoms with van der Waals surface area (Å²) in [5, 5.41) is 13.8. The average Bonchev–Trinajstić information content (AvgIpc) is 2.69. The monoisotopic (exact) mass is 364 g/mol. The van der Waals surface area contributed by atoms with Crippen LogP contribution in [-0.2, 0) is 4.79 Å². The second-order valence-electron chi connectivity index (χ2n) is 5.81. The first-order chi connectivity index (χ1) is 13.1. The molecule has 7 heteroatoms. The first-order valence-corrected chi connectivity index (χ1v) is 8.36. The van der Waals surface area contributed by atoms with Gasteiger partial charge in [-0.05, 0) is 43.3 Å². The summed E-state index contributed by atoms with van der Waals surface area (Å²) in [6.45, 7) is 1.89. The van der Waals surface area contributed by atoms with Crippen LogP contribution in [0, 0.1) is 6.92 Å². The van der Waals surface area contributed by atoms with E-state index in [-0.39, 0.29) is 12.5 Å². The fourth-order valence-corrected chi connectivity index (χ4v) is 2.28. The molecule has 0 atom stereocenters. The number of methoxy groups -OCH3 is 1. The molecular formula is C20H20N4O3. The van der Waals surface area contributed by atoms with E-state index in [1.165, 1.54) is 0 Å². The predicted molar refractivity (Wildman–Crippen MR) is 104 cm³/mol. The van der Waals surface area contributed by atoms with Gasteiger partial charge in [0.1, 0.15) is 11.5 Å². The van der Waals surface area contributed by atoms with Gasteiger partial charge in [-0.2, -0.15) is 0 Å². The van der Waals surface area contributed by atoms with Crippen LogP contribution < -0.4 is 20.1 Å². The van der Waals surface area contributed by atoms with Crippen molar-refractivity contribution >= 4 is 23.2 Å². The van der Waals surface area contributed by atoms with Gasteiger partial charge in [0.15, 0.2) is 18.2 Å². The molecule has 0 saturated heterocycles. The van der Waals surface area contributed by atoms with Crippen molar-refractivity contribution in [2.75, 3.05) is 24.4 Å². The summed E-state index contributed by atoms with van der Waals surface area (Å²) in [5.41, 5.74) is 1.96. The van der Waals surface area contributed by atoms with E-state index in [0.29, 0.717) is 17.4 Å². The number of nitrogens with zero attached hydrogens (tertiary/aromatic N) is 2. The Balaban J connectivity index is 1.52. The van der Waals surface area contributed by atoms with Gasteiger partial charge >= 0.3 is 0 Å². The van der Waals surface area contributed by atoms with Gasteiger partial charge in [0.25, 0.3) is 5.91 Å². The topological polar surface area (TPSA) is 85.4 Å². The van der Waals surface area contributed by atoms with Gasteiger partial charge in [0.05, 0.1) is 7.11 Å². The number of carbonyl (C=O) groups is 1. The molecule has 2 N–H and O–H groups in total. The summed E-state index contributed by atoms with van der Waals surface area (Å²) in [7, 11) is 1.61. The standard InChI is InChI=1S/C20H20N4O3/c1-14-6-8-16(9-7-14)27-13-20(25)22-19-11-10-18(23-24-19)21-15-4-3-5-17(12-15)26-2/h3-12H,13H2,1-2H3,(H,21,23)(H,22,24,25). The highest BCUT2D eigenvalue weighted by molar-refractivity contribution is 5.90. The van der Waals surface area contributed by atoms with E-state index in [9.17, 15) is 4.79 Å². The number of aromatic nitrogens is 2. The lowest BCUT2D eigenvalue weighted by atomic mass is 10.2. The molecule has 0 spiro atoms. The van der Waals surface area contributed by atoms with E-state index in [2.05, 4.69) is 20.8 Å². The van der Waals surface area contributed by atoms with Crippen LogP contribution in [0.25, 0.3) is 0 Å². The molecule has 0 aliphatic heterocycles. The third kappa shape index (κ3) is 5.43. The van der Waals surface area contributed by atoms with Crippen molar-refractivity contribution in [3.05, 3.63) is 66.2 Å². The van der Waals surface area contributed by atoms with Gasteiger partial charge in [-0.25, -0.2) is 0 Å². The number of rotatable bonds is 7. The van der Waals surface area contributed by atoms with Gasteiger partial charge < -0.3 is 20.1 Å². The highest BCUT2D eigenvalue weighted by atomic mass is 16.5. The van der Waals surface area contributed by atoms with E-state index >= 15 is 0 Å². The summed E-state index contributed by atoms with van der Waals surface area (Å²) in [6.07, 6.45) is 0. The van der Waals surface area contributed by atoms with E-state index < -0.39 is 0 Å². The first kappa shape index (κ1) is 18.2. The smallest absolute Gasteiger partial charge is 0.263 e. The molecule has 0 fully saturated rings. The number of ether oxygens (including phenoxy) is 2. The molecule has 3 rings (SSSR count). The minimum absolute atomic E-state index is 0.103. The third-order valence-corrected chi connectivity index (χ3v) is 3.67. The number of anilines is 3. The van der Waals surface area contributed by atoms with Gasteiger partial charge in [-0.3, -0.25) is 4.79 Å². The summed E-state index contributed by atoms with van der Waals surface area (Å²) in [6, 6.07) is 18.3. The third-order valence-electron chi connectivity index (χ3n) is 3.67. The lowest BCUT2D eigenvalue weighted by Crippen LogP contribution is -2.21. The zero-order valence-corrected chi connectivity index (χ0v) is 15.1. The summed E-state index contributed by atoms with van der Waals surface area (Å²) in [5.74, 6) is 1.98. The zero-order valence-electron chi connectivity index (χ0n) is 15.1. The fraction of sp³-hybridized carbons (Fsp3) is 0.150. The Morgan fingerprint density at radius 2 is 1.70 bits per heavy atom. The number of hydrogen-bond donors (Lipinski definition) is 2. The average molecular weight is 364 g/mol. The molecule has 0 unspecified atom stereocenters. The van der Waals surface area contributed by atoms with Crippen molar-refractivity contribution in [3.8, 4) is 11.5 Å². The largest absolute Gasteiger partial charge is 0.497 e. The summed E-state index contributed by atoms with van der Waals surface area (Å²) >= 11 is 0. The van der Waals surface area contributed by atoms with Gasteiger partial charge in [-0.1, -0.05) is 23.8 Å². The number of benzene rings is 2. The number of carbonyl (C=O) groups excluding carboxylic acids is 1. The quantitative estimate of drug-likeness (QED) is 0.667. The van der Waals surface area contributed by atoms with Crippen molar-refractivity contribution in [1.82, 2.24) is 10.2 Å². The number of hydrogen-bond acceptors (Lipinski definition) is 6. The molecule has 1 aromatic heterocycles. The van der Waals surface area contributed by atoms with Gasteiger partial charge in [0, 0.05) is 11.8 Å². The molecule has 1 heterocycles. The molecule has 0 aliphatic rings. The van der Waals surface area contributed by atoms with Crippen molar-refractivity contribution < 1.29 is 14.3 Å². The maximum absolute atomic E-state index is 12.0. The number of aryl methyl sites for hydroxylation is 1. The summed E-state index contributed by atoms with van der Waals surface area (Å²) < 4.78 is 10.6. The Labute approximate surface area is 157 Å². The van der Waals surface area contributed by atoms with Crippen molar-refractivity contribution in [1.29, 1.82) is 0 Å². The molecule has 1 amide bonds. The predicted octanol–water partition coefficient (Wildman–Crippen LogP) is 3.55. The van der Waals surface area contributed by atoms with Crippen LogP contribution in [0.15, 0.2) is 60.7 Å². The lowest BCUT2D eigenvalue weighted by Gasteiger charge is -2.09. The molecule has 0 saturated carbocycles. The van der Waals surface area contributed by atoms with Crippen LogP contribution >= 0.6 is 0 Å². The maximum Gasteiger partial charge on any atom is 0.263 e. The van der Waals surface area contributed by atoms with Gasteiger partial charge in [-0.15, -0.1) is 10.2 Å². The first-order valence-electron chi connectivity index (χ1n) is 8.36. The Hall–Kier alpha value is -3.61. The van der Waals surface area contributed by atoms with E-state index in [0.717, 1.165) is 17.0 Å². The van der Waals surface area contributed by atoms with Gasteiger partial charge in [0.2, 0.25) is 0 Å². The number of nitrogens with one attached hydrogen (secondary N) is 2. The van der Waals surface area contributed by atoms with Crippen molar-refractivity contribution in [2.24, 2.45) is 0 Å². The molecule has 2 aromatic carbocycles. The van der Waals surface area contributed by atoms with E-state index in [1.807, 2.05) is 55.5 Å². The highest BCUT2D eigenvalue weighted by Gasteiger charge is 2.06. The van der Waals surface area contributed by atoms with Crippen LogP contribution in [0.5, 0.6) is 11.5 Å².